The number of ether oxygens (including phenoxy) is 3. The molecule has 0 saturated carbocycles. The standard InChI is InChI=1S/C12H20N2O4.BrH/c1-10-13-9-11(14(10)2)8-12(15)18-7-6-17-5-4-16-3;/h9H,4-8H2,1-3H3;1H. The van der Waals surface area contributed by atoms with Crippen LogP contribution in [0.15, 0.2) is 6.20 Å². The minimum absolute atomic E-state index is 0. The van der Waals surface area contributed by atoms with E-state index in [1.807, 2.05) is 24.7 Å². The third kappa shape index (κ3) is 6.70. The van der Waals surface area contributed by atoms with Crippen molar-refractivity contribution in [3.8, 4) is 0 Å². The highest BCUT2D eigenvalue weighted by molar-refractivity contribution is 5.71. The molecule has 1 aromatic rings. The molecule has 0 spiro atoms. The maximum Gasteiger partial charge on any atom is 0.314 e. The Morgan fingerprint density at radius 2 is 2.00 bits per heavy atom. The number of H-pyrrole nitrogens is 1. The lowest BCUT2D eigenvalue weighted by atomic mass is 10.3. The van der Waals surface area contributed by atoms with Gasteiger partial charge in [-0.25, -0.2) is 9.55 Å². The monoisotopic (exact) mass is 336 g/mol. The molecule has 0 radical (unpaired) electrons. The Kier molecular flexibility index (Phi) is 9.46. The summed E-state index contributed by atoms with van der Waals surface area (Å²) in [6.07, 6.45) is 2.07. The minimum Gasteiger partial charge on any atom is -1.00 e. The van der Waals surface area contributed by atoms with Crippen LogP contribution in [0.1, 0.15) is 11.5 Å². The van der Waals surface area contributed by atoms with Crippen LogP contribution in [0.2, 0.25) is 0 Å². The number of hydrogen-bond donors (Lipinski definition) is 1. The first-order valence-electron chi connectivity index (χ1n) is 5.90. The van der Waals surface area contributed by atoms with Gasteiger partial charge in [0.15, 0.2) is 5.69 Å². The second kappa shape index (κ2) is 9.94. The number of hydrogen-bond acceptors (Lipinski definition) is 4. The van der Waals surface area contributed by atoms with Crippen LogP contribution >= 0.6 is 0 Å². The Labute approximate surface area is 123 Å². The number of nitrogens with zero attached hydrogens (tertiary/aromatic N) is 1. The maximum absolute atomic E-state index is 11.5. The maximum atomic E-state index is 11.5. The van der Waals surface area contributed by atoms with Gasteiger partial charge >= 0.3 is 5.97 Å². The number of aromatic amines is 1. The molecule has 0 atom stereocenters. The van der Waals surface area contributed by atoms with E-state index in [9.17, 15) is 4.79 Å². The summed E-state index contributed by atoms with van der Waals surface area (Å²) in [5, 5.41) is 0. The predicted octanol–water partition coefficient (Wildman–Crippen LogP) is -3.10. The molecule has 0 saturated heterocycles. The van der Waals surface area contributed by atoms with E-state index in [0.717, 1.165) is 11.5 Å². The van der Waals surface area contributed by atoms with Crippen LogP contribution in [0.4, 0.5) is 0 Å². The average Bonchev–Trinajstić information content (AvgIpc) is 2.65. The molecular weight excluding hydrogens is 316 g/mol. The van der Waals surface area contributed by atoms with Crippen molar-refractivity contribution < 1.29 is 40.6 Å². The molecule has 0 bridgehead atoms. The van der Waals surface area contributed by atoms with E-state index in [0.29, 0.717) is 19.8 Å². The summed E-state index contributed by atoms with van der Waals surface area (Å²) < 4.78 is 17.0. The number of aromatic nitrogens is 2. The molecule has 7 heteroatoms. The number of rotatable bonds is 8. The van der Waals surface area contributed by atoms with Crippen LogP contribution < -0.4 is 21.5 Å². The third-order valence-corrected chi connectivity index (χ3v) is 2.63. The van der Waals surface area contributed by atoms with E-state index in [-0.39, 0.29) is 36.0 Å². The van der Waals surface area contributed by atoms with Crippen molar-refractivity contribution in [3.05, 3.63) is 17.7 Å². The lowest BCUT2D eigenvalue weighted by Crippen LogP contribution is -3.00. The van der Waals surface area contributed by atoms with Crippen LogP contribution in [0.5, 0.6) is 0 Å². The van der Waals surface area contributed by atoms with Crippen molar-refractivity contribution >= 4 is 5.97 Å². The molecule has 0 fully saturated rings. The zero-order valence-electron chi connectivity index (χ0n) is 11.6. The van der Waals surface area contributed by atoms with E-state index in [1.165, 1.54) is 0 Å². The molecule has 1 rings (SSSR count). The summed E-state index contributed by atoms with van der Waals surface area (Å²) in [7, 11) is 3.52. The van der Waals surface area contributed by atoms with Crippen molar-refractivity contribution in [1.82, 2.24) is 4.98 Å². The summed E-state index contributed by atoms with van der Waals surface area (Å²) in [4.78, 5) is 14.6. The van der Waals surface area contributed by atoms with Gasteiger partial charge in [-0.15, -0.1) is 0 Å². The second-order valence-corrected chi connectivity index (χ2v) is 3.93. The highest BCUT2D eigenvalue weighted by atomic mass is 79.9. The van der Waals surface area contributed by atoms with Gasteiger partial charge in [-0.2, -0.15) is 0 Å². The first-order valence-corrected chi connectivity index (χ1v) is 5.90. The fraction of sp³-hybridized carbons (Fsp3) is 0.667. The van der Waals surface area contributed by atoms with Crippen LogP contribution in [0, 0.1) is 6.92 Å². The van der Waals surface area contributed by atoms with Gasteiger partial charge in [0, 0.05) is 14.0 Å². The number of carbonyl (C=O) groups excluding carboxylic acids is 1. The zero-order valence-corrected chi connectivity index (χ0v) is 13.2. The van der Waals surface area contributed by atoms with Crippen LogP contribution in [-0.2, 0) is 32.5 Å². The topological polar surface area (TPSA) is 64.4 Å². The Balaban J connectivity index is 0.00000324. The Morgan fingerprint density at radius 1 is 1.32 bits per heavy atom. The fourth-order valence-electron chi connectivity index (χ4n) is 1.42. The normalized spacial score (nSPS) is 10.1. The number of methoxy groups -OCH3 is 1. The average molecular weight is 337 g/mol. The molecule has 0 aliphatic heterocycles. The highest BCUT2D eigenvalue weighted by Crippen LogP contribution is 1.96. The molecule has 1 aromatic heterocycles. The van der Waals surface area contributed by atoms with E-state index >= 15 is 0 Å². The summed E-state index contributed by atoms with van der Waals surface area (Å²) in [5.74, 6) is 0.751. The van der Waals surface area contributed by atoms with Crippen molar-refractivity contribution in [2.45, 2.75) is 13.3 Å². The van der Waals surface area contributed by atoms with Crippen molar-refractivity contribution in [1.29, 1.82) is 0 Å². The SMILES string of the molecule is COCCOCCOC(=O)Cc1c[nH]c(C)[n+]1C.[Br-]. The molecule has 0 aliphatic rings. The van der Waals surface area contributed by atoms with Gasteiger partial charge in [-0.3, -0.25) is 4.79 Å². The number of aryl methyl sites for hydroxylation is 1. The summed E-state index contributed by atoms with van der Waals surface area (Å²) in [5.41, 5.74) is 0.901. The summed E-state index contributed by atoms with van der Waals surface area (Å²) in [6.45, 7) is 3.67. The van der Waals surface area contributed by atoms with Gasteiger partial charge < -0.3 is 31.2 Å². The summed E-state index contributed by atoms with van der Waals surface area (Å²) >= 11 is 0. The third-order valence-electron chi connectivity index (χ3n) is 2.63. The minimum atomic E-state index is -0.250. The van der Waals surface area contributed by atoms with Gasteiger partial charge in [0.2, 0.25) is 0 Å². The number of imidazole rings is 1. The lowest BCUT2D eigenvalue weighted by molar-refractivity contribution is -0.683. The number of esters is 1. The Morgan fingerprint density at radius 3 is 2.58 bits per heavy atom. The molecule has 0 amide bonds. The van der Waals surface area contributed by atoms with Gasteiger partial charge in [0.25, 0.3) is 5.82 Å². The molecule has 110 valence electrons. The molecule has 1 N–H and O–H groups in total. The Bertz CT molecular complexity index is 382. The van der Waals surface area contributed by atoms with E-state index in [1.54, 1.807) is 7.11 Å². The van der Waals surface area contributed by atoms with Crippen LogP contribution in [0.3, 0.4) is 0 Å². The fourth-order valence-corrected chi connectivity index (χ4v) is 1.42. The molecule has 0 unspecified atom stereocenters. The molecule has 0 aromatic carbocycles. The van der Waals surface area contributed by atoms with Gasteiger partial charge in [-0.05, 0) is 0 Å². The lowest BCUT2D eigenvalue weighted by Gasteiger charge is -2.05. The smallest absolute Gasteiger partial charge is 0.314 e. The molecule has 6 nitrogen and oxygen atoms in total. The van der Waals surface area contributed by atoms with Crippen LogP contribution in [0.25, 0.3) is 0 Å². The quantitative estimate of drug-likeness (QED) is 0.310. The van der Waals surface area contributed by atoms with Crippen molar-refractivity contribution in [3.63, 3.8) is 0 Å². The second-order valence-electron chi connectivity index (χ2n) is 3.93. The van der Waals surface area contributed by atoms with Crippen molar-refractivity contribution in [2.75, 3.05) is 33.5 Å². The van der Waals surface area contributed by atoms with Crippen molar-refractivity contribution in [2.24, 2.45) is 7.05 Å². The van der Waals surface area contributed by atoms with E-state index in [4.69, 9.17) is 14.2 Å². The molecule has 19 heavy (non-hydrogen) atoms. The first-order chi connectivity index (χ1) is 8.65. The number of halogens is 1. The van der Waals surface area contributed by atoms with Gasteiger partial charge in [-0.1, -0.05) is 0 Å². The highest BCUT2D eigenvalue weighted by Gasteiger charge is 2.14. The largest absolute Gasteiger partial charge is 1.00 e. The van der Waals surface area contributed by atoms with Crippen LogP contribution in [-0.4, -0.2) is 44.5 Å². The number of nitrogens with one attached hydrogen (secondary N) is 1. The molecule has 0 aliphatic carbocycles. The van der Waals surface area contributed by atoms with E-state index in [2.05, 4.69) is 4.98 Å². The molecule has 1 heterocycles. The zero-order chi connectivity index (χ0) is 13.4. The van der Waals surface area contributed by atoms with Gasteiger partial charge in [0.05, 0.1) is 26.9 Å². The number of carbonyl (C=O) groups is 1. The first kappa shape index (κ1) is 18.1. The Hall–Kier alpha value is -0.920. The van der Waals surface area contributed by atoms with E-state index < -0.39 is 0 Å². The predicted molar refractivity (Wildman–Crippen MR) is 64.1 cm³/mol. The molecular formula is C12H21BrN2O4. The van der Waals surface area contributed by atoms with Gasteiger partial charge in [0.1, 0.15) is 19.2 Å². The summed E-state index contributed by atoms with van der Waals surface area (Å²) in [6, 6.07) is 0.